The van der Waals surface area contributed by atoms with E-state index in [-0.39, 0.29) is 0 Å². The van der Waals surface area contributed by atoms with Gasteiger partial charge in [0.1, 0.15) is 5.75 Å². The van der Waals surface area contributed by atoms with Gasteiger partial charge in [-0.3, -0.25) is 4.98 Å². The number of nitrogens with zero attached hydrogens (tertiary/aromatic N) is 1. The zero-order valence-electron chi connectivity index (χ0n) is 12.7. The van der Waals surface area contributed by atoms with Crippen molar-refractivity contribution in [3.05, 3.63) is 52.3 Å². The molecule has 108 valence electrons. The van der Waals surface area contributed by atoms with Gasteiger partial charge in [0.05, 0.1) is 12.8 Å². The molecule has 1 heterocycles. The number of rotatable bonds is 2. The minimum absolute atomic E-state index is 0.835. The number of anilines is 1. The summed E-state index contributed by atoms with van der Waals surface area (Å²) in [5.74, 6) is 0.923. The molecule has 0 saturated carbocycles. The first-order chi connectivity index (χ1) is 10.1. The van der Waals surface area contributed by atoms with Crippen LogP contribution in [0.25, 0.3) is 11.6 Å². The highest BCUT2D eigenvalue weighted by Crippen LogP contribution is 2.35. The number of ether oxygens (including phenoxy) is 1. The van der Waals surface area contributed by atoms with Crippen LogP contribution < -0.4 is 10.5 Å². The highest BCUT2D eigenvalue weighted by atomic mass is 16.5. The van der Waals surface area contributed by atoms with E-state index in [0.29, 0.717) is 0 Å². The third kappa shape index (κ3) is 2.40. The minimum atomic E-state index is 0.835. The zero-order valence-corrected chi connectivity index (χ0v) is 12.7. The molecule has 0 aliphatic heterocycles. The van der Waals surface area contributed by atoms with Crippen LogP contribution in [0.4, 0.5) is 5.69 Å². The van der Waals surface area contributed by atoms with Crippen LogP contribution in [-0.4, -0.2) is 12.1 Å². The Hall–Kier alpha value is -2.29. The van der Waals surface area contributed by atoms with Gasteiger partial charge in [-0.2, -0.15) is 0 Å². The molecule has 1 aromatic heterocycles. The van der Waals surface area contributed by atoms with Crippen LogP contribution in [0.2, 0.25) is 0 Å². The molecule has 2 aromatic rings. The Morgan fingerprint density at radius 1 is 1.24 bits per heavy atom. The smallest absolute Gasteiger partial charge is 0.128 e. The number of methoxy groups -OCH3 is 1. The lowest BCUT2D eigenvalue weighted by molar-refractivity contribution is 0.407. The Kier molecular flexibility index (Phi) is 3.42. The summed E-state index contributed by atoms with van der Waals surface area (Å²) in [6, 6.07) is 6.16. The average Bonchev–Trinajstić information content (AvgIpc) is 2.85. The summed E-state index contributed by atoms with van der Waals surface area (Å²) in [7, 11) is 1.71. The molecule has 21 heavy (non-hydrogen) atoms. The van der Waals surface area contributed by atoms with E-state index in [0.717, 1.165) is 41.1 Å². The minimum Gasteiger partial charge on any atom is -0.496 e. The van der Waals surface area contributed by atoms with Crippen molar-refractivity contribution >= 4 is 17.3 Å². The lowest BCUT2D eigenvalue weighted by Crippen LogP contribution is -1.96. The van der Waals surface area contributed by atoms with Crippen LogP contribution in [-0.2, 0) is 6.42 Å². The number of nitrogen functional groups attached to an aromatic ring is 1. The molecular weight excluding hydrogens is 260 g/mol. The predicted molar refractivity (Wildman–Crippen MR) is 87.3 cm³/mol. The summed E-state index contributed by atoms with van der Waals surface area (Å²) < 4.78 is 5.48. The number of allylic oxidation sites excluding steroid dienone is 1. The molecule has 0 bridgehead atoms. The van der Waals surface area contributed by atoms with Crippen molar-refractivity contribution in [3.8, 4) is 5.75 Å². The number of pyridine rings is 1. The fourth-order valence-electron chi connectivity index (χ4n) is 3.05. The van der Waals surface area contributed by atoms with E-state index in [1.807, 2.05) is 19.2 Å². The van der Waals surface area contributed by atoms with Crippen molar-refractivity contribution < 1.29 is 4.74 Å². The van der Waals surface area contributed by atoms with E-state index >= 15 is 0 Å². The number of fused-ring (bicyclic) bond motifs is 1. The number of nitrogens with two attached hydrogens (primary N) is 1. The van der Waals surface area contributed by atoms with Gasteiger partial charge in [0.15, 0.2) is 0 Å². The van der Waals surface area contributed by atoms with Gasteiger partial charge in [-0.1, -0.05) is 6.07 Å². The number of hydrogen-bond acceptors (Lipinski definition) is 3. The second-order valence-electron chi connectivity index (χ2n) is 5.57. The Labute approximate surface area is 125 Å². The van der Waals surface area contributed by atoms with Crippen LogP contribution in [0.5, 0.6) is 5.75 Å². The standard InChI is InChI=1S/C18H20N2O/c1-11-10-20-17(12(2)18(11)21-3)9-14-5-4-13-8-15(19)6-7-16(13)14/h6-10H,4-5,19H2,1-3H3. The monoisotopic (exact) mass is 280 g/mol. The number of benzene rings is 1. The number of aromatic nitrogens is 1. The van der Waals surface area contributed by atoms with Crippen molar-refractivity contribution in [2.24, 2.45) is 0 Å². The van der Waals surface area contributed by atoms with Crippen LogP contribution in [0, 0.1) is 13.8 Å². The van der Waals surface area contributed by atoms with Gasteiger partial charge in [0, 0.05) is 23.0 Å². The highest BCUT2D eigenvalue weighted by molar-refractivity contribution is 5.86. The molecular formula is C18H20N2O. The summed E-state index contributed by atoms with van der Waals surface area (Å²) in [6.45, 7) is 4.08. The molecule has 3 rings (SSSR count). The Balaban J connectivity index is 2.06. The normalized spacial score (nSPS) is 15.3. The SMILES string of the molecule is COc1c(C)cnc(C=C2CCc3cc(N)ccc32)c1C. The van der Waals surface area contributed by atoms with E-state index in [1.54, 1.807) is 7.11 Å². The average molecular weight is 280 g/mol. The maximum absolute atomic E-state index is 5.86. The van der Waals surface area contributed by atoms with Crippen LogP contribution in [0.3, 0.4) is 0 Å². The summed E-state index contributed by atoms with van der Waals surface area (Å²) in [6.07, 6.45) is 6.14. The number of aryl methyl sites for hydroxylation is 2. The Morgan fingerprint density at radius 2 is 2.05 bits per heavy atom. The second kappa shape index (κ2) is 5.24. The molecule has 0 saturated heterocycles. The van der Waals surface area contributed by atoms with Gasteiger partial charge >= 0.3 is 0 Å². The fourth-order valence-corrected chi connectivity index (χ4v) is 3.05. The fraction of sp³-hybridized carbons (Fsp3) is 0.278. The topological polar surface area (TPSA) is 48.1 Å². The van der Waals surface area contributed by atoms with E-state index in [4.69, 9.17) is 10.5 Å². The van der Waals surface area contributed by atoms with Gasteiger partial charge < -0.3 is 10.5 Å². The largest absolute Gasteiger partial charge is 0.496 e. The molecule has 0 radical (unpaired) electrons. The first kappa shape index (κ1) is 13.7. The second-order valence-corrected chi connectivity index (χ2v) is 5.57. The quantitative estimate of drug-likeness (QED) is 0.852. The maximum Gasteiger partial charge on any atom is 0.128 e. The third-order valence-corrected chi connectivity index (χ3v) is 4.13. The van der Waals surface area contributed by atoms with Crippen LogP contribution >= 0.6 is 0 Å². The Bertz CT molecular complexity index is 732. The molecule has 0 atom stereocenters. The summed E-state index contributed by atoms with van der Waals surface area (Å²) in [5, 5.41) is 0. The molecule has 3 nitrogen and oxygen atoms in total. The zero-order chi connectivity index (χ0) is 15.0. The molecule has 0 fully saturated rings. The van der Waals surface area contributed by atoms with Crippen LogP contribution in [0.1, 0.15) is 34.4 Å². The molecule has 1 aliphatic rings. The maximum atomic E-state index is 5.86. The van der Waals surface area contributed by atoms with Gasteiger partial charge in [0.25, 0.3) is 0 Å². The first-order valence-electron chi connectivity index (χ1n) is 7.19. The van der Waals surface area contributed by atoms with Crippen molar-refractivity contribution in [1.29, 1.82) is 0 Å². The van der Waals surface area contributed by atoms with Gasteiger partial charge in [0.2, 0.25) is 0 Å². The predicted octanol–water partition coefficient (Wildman–Crippen LogP) is 3.78. The van der Waals surface area contributed by atoms with Gasteiger partial charge in [-0.05, 0) is 61.6 Å². The highest BCUT2D eigenvalue weighted by Gasteiger charge is 2.17. The van der Waals surface area contributed by atoms with E-state index < -0.39 is 0 Å². The van der Waals surface area contributed by atoms with Gasteiger partial charge in [-0.25, -0.2) is 0 Å². The molecule has 1 aliphatic carbocycles. The summed E-state index contributed by atoms with van der Waals surface area (Å²) in [5.41, 5.74) is 13.8. The van der Waals surface area contributed by atoms with Crippen molar-refractivity contribution in [2.75, 3.05) is 12.8 Å². The molecule has 3 heteroatoms. The van der Waals surface area contributed by atoms with E-state index in [2.05, 4.69) is 30.1 Å². The number of hydrogen-bond donors (Lipinski definition) is 1. The van der Waals surface area contributed by atoms with E-state index in [1.165, 1.54) is 16.7 Å². The summed E-state index contributed by atoms with van der Waals surface area (Å²) >= 11 is 0. The van der Waals surface area contributed by atoms with Crippen LogP contribution in [0.15, 0.2) is 24.4 Å². The lowest BCUT2D eigenvalue weighted by atomic mass is 10.0. The van der Waals surface area contributed by atoms with Crippen molar-refractivity contribution in [2.45, 2.75) is 26.7 Å². The lowest BCUT2D eigenvalue weighted by Gasteiger charge is -2.11. The van der Waals surface area contributed by atoms with E-state index in [9.17, 15) is 0 Å². The van der Waals surface area contributed by atoms with Crippen molar-refractivity contribution in [3.63, 3.8) is 0 Å². The third-order valence-electron chi connectivity index (χ3n) is 4.13. The molecule has 0 spiro atoms. The molecule has 1 aromatic carbocycles. The molecule has 0 unspecified atom stereocenters. The van der Waals surface area contributed by atoms with Gasteiger partial charge in [-0.15, -0.1) is 0 Å². The van der Waals surface area contributed by atoms with Crippen molar-refractivity contribution in [1.82, 2.24) is 4.98 Å². The molecule has 0 amide bonds. The Morgan fingerprint density at radius 3 is 2.81 bits per heavy atom. The summed E-state index contributed by atoms with van der Waals surface area (Å²) in [4.78, 5) is 4.56. The molecule has 2 N–H and O–H groups in total. The first-order valence-corrected chi connectivity index (χ1v) is 7.19.